The summed E-state index contributed by atoms with van der Waals surface area (Å²) in [5.41, 5.74) is 5.54. The lowest BCUT2D eigenvalue weighted by Crippen LogP contribution is -2.52. The van der Waals surface area contributed by atoms with E-state index in [-0.39, 0.29) is 11.9 Å². The standard InChI is InChI=1S/C9H11BrFN3/c10-6-3-8(11)9(13-5-6)14-2-1-7(14)4-12/h3,5,7H,1-2,4,12H2. The summed E-state index contributed by atoms with van der Waals surface area (Å²) >= 11 is 3.17. The van der Waals surface area contributed by atoms with Crippen LogP contribution in [0.5, 0.6) is 0 Å². The Balaban J connectivity index is 2.24. The first-order valence-electron chi connectivity index (χ1n) is 4.50. The predicted octanol–water partition coefficient (Wildman–Crippen LogP) is 1.52. The molecular formula is C9H11BrFN3. The lowest BCUT2D eigenvalue weighted by atomic mass is 10.0. The van der Waals surface area contributed by atoms with Crippen molar-refractivity contribution in [3.8, 4) is 0 Å². The Hall–Kier alpha value is -0.680. The van der Waals surface area contributed by atoms with E-state index in [0.717, 1.165) is 13.0 Å². The zero-order valence-electron chi connectivity index (χ0n) is 7.58. The number of nitrogens with two attached hydrogens (primary N) is 1. The number of hydrogen-bond donors (Lipinski definition) is 1. The lowest BCUT2D eigenvalue weighted by molar-refractivity contribution is 0.441. The summed E-state index contributed by atoms with van der Waals surface area (Å²) in [4.78, 5) is 5.95. The quantitative estimate of drug-likeness (QED) is 0.876. The van der Waals surface area contributed by atoms with Crippen LogP contribution in [0.1, 0.15) is 6.42 Å². The SMILES string of the molecule is NCC1CCN1c1ncc(Br)cc1F. The fourth-order valence-electron chi connectivity index (χ4n) is 1.58. The third-order valence-electron chi connectivity index (χ3n) is 2.48. The number of nitrogens with zero attached hydrogens (tertiary/aromatic N) is 2. The van der Waals surface area contributed by atoms with Crippen LogP contribution < -0.4 is 10.6 Å². The van der Waals surface area contributed by atoms with Crippen LogP contribution in [-0.2, 0) is 0 Å². The highest BCUT2D eigenvalue weighted by Gasteiger charge is 2.29. The van der Waals surface area contributed by atoms with Gasteiger partial charge >= 0.3 is 0 Å². The minimum absolute atomic E-state index is 0.248. The highest BCUT2D eigenvalue weighted by atomic mass is 79.9. The minimum Gasteiger partial charge on any atom is -0.350 e. The highest BCUT2D eigenvalue weighted by molar-refractivity contribution is 9.10. The van der Waals surface area contributed by atoms with Crippen LogP contribution in [0.3, 0.4) is 0 Å². The van der Waals surface area contributed by atoms with Gasteiger partial charge in [0.25, 0.3) is 0 Å². The van der Waals surface area contributed by atoms with Gasteiger partial charge in [-0.3, -0.25) is 0 Å². The fourth-order valence-corrected chi connectivity index (χ4v) is 1.89. The van der Waals surface area contributed by atoms with Crippen molar-refractivity contribution in [3.63, 3.8) is 0 Å². The Labute approximate surface area is 90.2 Å². The maximum absolute atomic E-state index is 13.5. The Morgan fingerprint density at radius 1 is 1.71 bits per heavy atom. The smallest absolute Gasteiger partial charge is 0.166 e. The molecule has 1 atom stereocenters. The Morgan fingerprint density at radius 3 is 3.00 bits per heavy atom. The second-order valence-corrected chi connectivity index (χ2v) is 4.25. The van der Waals surface area contributed by atoms with Crippen molar-refractivity contribution in [1.29, 1.82) is 0 Å². The van der Waals surface area contributed by atoms with Crippen LogP contribution in [0.15, 0.2) is 16.7 Å². The summed E-state index contributed by atoms with van der Waals surface area (Å²) in [5, 5.41) is 0. The topological polar surface area (TPSA) is 42.1 Å². The first-order valence-corrected chi connectivity index (χ1v) is 5.29. The van der Waals surface area contributed by atoms with E-state index in [9.17, 15) is 4.39 Å². The van der Waals surface area contributed by atoms with Crippen molar-refractivity contribution in [3.05, 3.63) is 22.6 Å². The van der Waals surface area contributed by atoms with Gasteiger partial charge in [-0.1, -0.05) is 0 Å². The maximum atomic E-state index is 13.5. The average Bonchev–Trinajstić information content (AvgIpc) is 2.08. The summed E-state index contributed by atoms with van der Waals surface area (Å²) in [6.07, 6.45) is 2.62. The van der Waals surface area contributed by atoms with E-state index < -0.39 is 0 Å². The fraction of sp³-hybridized carbons (Fsp3) is 0.444. The van der Waals surface area contributed by atoms with Crippen molar-refractivity contribution < 1.29 is 4.39 Å². The largest absolute Gasteiger partial charge is 0.350 e. The summed E-state index contributed by atoms with van der Waals surface area (Å²) < 4.78 is 14.1. The molecule has 14 heavy (non-hydrogen) atoms. The van der Waals surface area contributed by atoms with Crippen LogP contribution in [0.25, 0.3) is 0 Å². The van der Waals surface area contributed by atoms with Crippen LogP contribution in [0, 0.1) is 5.82 Å². The number of rotatable bonds is 2. The number of halogens is 2. The van der Waals surface area contributed by atoms with Gasteiger partial charge in [0.1, 0.15) is 0 Å². The first-order chi connectivity index (χ1) is 6.72. The van der Waals surface area contributed by atoms with Gasteiger partial charge < -0.3 is 10.6 Å². The molecule has 2 rings (SSSR count). The van der Waals surface area contributed by atoms with Gasteiger partial charge in [-0.15, -0.1) is 0 Å². The van der Waals surface area contributed by atoms with E-state index >= 15 is 0 Å². The molecule has 3 nitrogen and oxygen atoms in total. The molecular weight excluding hydrogens is 249 g/mol. The molecule has 0 aromatic carbocycles. The van der Waals surface area contributed by atoms with Crippen molar-refractivity contribution >= 4 is 21.7 Å². The third-order valence-corrected chi connectivity index (χ3v) is 2.91. The maximum Gasteiger partial charge on any atom is 0.166 e. The average molecular weight is 260 g/mol. The number of hydrogen-bond acceptors (Lipinski definition) is 3. The molecule has 5 heteroatoms. The van der Waals surface area contributed by atoms with Gasteiger partial charge in [-0.25, -0.2) is 9.37 Å². The molecule has 0 radical (unpaired) electrons. The van der Waals surface area contributed by atoms with Gasteiger partial charge in [0, 0.05) is 29.8 Å². The number of aromatic nitrogens is 1. The van der Waals surface area contributed by atoms with Crippen LogP contribution in [-0.4, -0.2) is 24.1 Å². The van der Waals surface area contributed by atoms with Gasteiger partial charge in [0.05, 0.1) is 0 Å². The zero-order chi connectivity index (χ0) is 10.1. The minimum atomic E-state index is -0.294. The number of pyridine rings is 1. The van der Waals surface area contributed by atoms with E-state index in [1.807, 2.05) is 4.90 Å². The van der Waals surface area contributed by atoms with Crippen LogP contribution >= 0.6 is 15.9 Å². The molecule has 0 spiro atoms. The summed E-state index contributed by atoms with van der Waals surface area (Å²) in [6.45, 7) is 1.39. The molecule has 1 unspecified atom stereocenters. The summed E-state index contributed by atoms with van der Waals surface area (Å²) in [5.74, 6) is 0.118. The van der Waals surface area contributed by atoms with Crippen LogP contribution in [0.2, 0.25) is 0 Å². The Bertz CT molecular complexity index is 343. The van der Waals surface area contributed by atoms with E-state index in [2.05, 4.69) is 20.9 Å². The summed E-state index contributed by atoms with van der Waals surface area (Å²) in [7, 11) is 0. The Kier molecular flexibility index (Phi) is 2.69. The molecule has 0 aliphatic carbocycles. The second kappa shape index (κ2) is 3.82. The predicted molar refractivity (Wildman–Crippen MR) is 56.7 cm³/mol. The van der Waals surface area contributed by atoms with Gasteiger partial charge in [-0.2, -0.15) is 0 Å². The monoisotopic (exact) mass is 259 g/mol. The Morgan fingerprint density at radius 2 is 2.50 bits per heavy atom. The number of anilines is 1. The van der Waals surface area contributed by atoms with E-state index in [4.69, 9.17) is 5.73 Å². The molecule has 1 aliphatic heterocycles. The van der Waals surface area contributed by atoms with E-state index in [1.54, 1.807) is 6.20 Å². The molecule has 1 fully saturated rings. The highest BCUT2D eigenvalue weighted by Crippen LogP contribution is 2.27. The van der Waals surface area contributed by atoms with Gasteiger partial charge in [0.15, 0.2) is 11.6 Å². The van der Waals surface area contributed by atoms with Crippen molar-refractivity contribution in [2.75, 3.05) is 18.0 Å². The van der Waals surface area contributed by atoms with Gasteiger partial charge in [-0.05, 0) is 28.4 Å². The summed E-state index contributed by atoms with van der Waals surface area (Å²) in [6, 6.07) is 1.67. The molecule has 0 saturated carbocycles. The molecule has 1 saturated heterocycles. The van der Waals surface area contributed by atoms with Crippen molar-refractivity contribution in [1.82, 2.24) is 4.98 Å². The zero-order valence-corrected chi connectivity index (χ0v) is 9.17. The second-order valence-electron chi connectivity index (χ2n) is 3.33. The van der Waals surface area contributed by atoms with E-state index in [1.165, 1.54) is 6.07 Å². The molecule has 1 aromatic heterocycles. The lowest BCUT2D eigenvalue weighted by Gasteiger charge is -2.41. The van der Waals surface area contributed by atoms with Gasteiger partial charge in [0.2, 0.25) is 0 Å². The normalized spacial score (nSPS) is 20.8. The van der Waals surface area contributed by atoms with Crippen LogP contribution in [0.4, 0.5) is 10.2 Å². The molecule has 1 aromatic rings. The first kappa shape index (κ1) is 9.86. The molecule has 0 amide bonds. The van der Waals surface area contributed by atoms with E-state index in [0.29, 0.717) is 16.8 Å². The molecule has 76 valence electrons. The molecule has 1 aliphatic rings. The van der Waals surface area contributed by atoms with Crippen molar-refractivity contribution in [2.45, 2.75) is 12.5 Å². The molecule has 2 heterocycles. The molecule has 2 N–H and O–H groups in total. The third kappa shape index (κ3) is 1.62. The molecule has 0 bridgehead atoms. The van der Waals surface area contributed by atoms with Crippen molar-refractivity contribution in [2.24, 2.45) is 5.73 Å².